The normalized spacial score (nSPS) is 28.2. The number of rotatable bonds is 10. The first-order valence-corrected chi connectivity index (χ1v) is 12.9. The van der Waals surface area contributed by atoms with Crippen molar-refractivity contribution in [2.75, 3.05) is 13.2 Å². The number of carbonyl (C=O) groups excluding carboxylic acids is 2. The number of amides is 2. The van der Waals surface area contributed by atoms with Crippen molar-refractivity contribution in [3.63, 3.8) is 0 Å². The van der Waals surface area contributed by atoms with Gasteiger partial charge in [-0.3, -0.25) is 4.79 Å². The summed E-state index contributed by atoms with van der Waals surface area (Å²) in [6, 6.07) is -0.520. The molecular formula is C24H32N4O7S. The second-order valence-electron chi connectivity index (χ2n) is 9.47. The van der Waals surface area contributed by atoms with Crippen molar-refractivity contribution in [2.24, 2.45) is 11.8 Å². The van der Waals surface area contributed by atoms with E-state index in [-0.39, 0.29) is 48.1 Å². The molecule has 0 radical (unpaired) electrons. The van der Waals surface area contributed by atoms with E-state index in [9.17, 15) is 29.7 Å². The Morgan fingerprint density at radius 3 is 2.78 bits per heavy atom. The fraction of sp³-hybridized carbons (Fsp3) is 0.583. The van der Waals surface area contributed by atoms with Gasteiger partial charge >= 0.3 is 12.1 Å². The third kappa shape index (κ3) is 4.76. The number of aliphatic hydroxyl groups is 2. The molecule has 3 aliphatic rings. The number of aromatic nitrogens is 2. The molecule has 2 fully saturated rings. The first-order chi connectivity index (χ1) is 17.2. The molecule has 0 aromatic carbocycles. The molecule has 0 saturated carbocycles. The van der Waals surface area contributed by atoms with Gasteiger partial charge in [-0.2, -0.15) is 0 Å². The molecule has 0 unspecified atom stereocenters. The van der Waals surface area contributed by atoms with Crippen LogP contribution in [0.4, 0.5) is 4.79 Å². The van der Waals surface area contributed by atoms with Crippen molar-refractivity contribution in [1.82, 2.24) is 19.4 Å². The van der Waals surface area contributed by atoms with E-state index in [0.29, 0.717) is 36.5 Å². The zero-order chi connectivity index (χ0) is 26.1. The maximum absolute atomic E-state index is 12.8. The molecule has 0 spiro atoms. The summed E-state index contributed by atoms with van der Waals surface area (Å²) < 4.78 is 7.15. The van der Waals surface area contributed by atoms with Crippen molar-refractivity contribution in [2.45, 2.75) is 63.3 Å². The SMILES string of the molecule is C=CCOC(=O)N1C[C@@H](SC2=C(C(=O)O)N3C(=O)[C@H]([C@@H](C)O)[C@H]3[C@H]2C)C[C@H]1CCn1cnc(CO)c1. The highest BCUT2D eigenvalue weighted by Gasteiger charge is 2.60. The lowest BCUT2D eigenvalue weighted by molar-refractivity contribution is -0.163. The van der Waals surface area contributed by atoms with E-state index in [4.69, 9.17) is 4.74 Å². The van der Waals surface area contributed by atoms with Gasteiger partial charge in [0.05, 0.1) is 36.7 Å². The van der Waals surface area contributed by atoms with Crippen LogP contribution in [0.3, 0.4) is 0 Å². The number of ether oxygens (including phenoxy) is 1. The van der Waals surface area contributed by atoms with Crippen LogP contribution in [-0.2, 0) is 27.5 Å². The molecule has 3 aliphatic heterocycles. The minimum atomic E-state index is -1.17. The number of β-lactam (4-membered cyclic amide) rings is 1. The Kier molecular flexibility index (Phi) is 7.76. The number of nitrogens with zero attached hydrogens (tertiary/aromatic N) is 4. The van der Waals surface area contributed by atoms with Gasteiger partial charge in [-0.1, -0.05) is 19.6 Å². The van der Waals surface area contributed by atoms with Crippen molar-refractivity contribution >= 4 is 29.7 Å². The number of thioether (sulfide) groups is 1. The largest absolute Gasteiger partial charge is 0.477 e. The number of carboxylic acids is 1. The number of imidazole rings is 1. The van der Waals surface area contributed by atoms with E-state index < -0.39 is 24.1 Å². The number of aliphatic carboxylic acids is 1. The highest BCUT2D eigenvalue weighted by Crippen LogP contribution is 2.52. The zero-order valence-electron chi connectivity index (χ0n) is 20.3. The number of carbonyl (C=O) groups is 3. The first kappa shape index (κ1) is 26.2. The van der Waals surface area contributed by atoms with E-state index in [0.717, 1.165) is 0 Å². The van der Waals surface area contributed by atoms with E-state index in [1.807, 2.05) is 11.5 Å². The Hall–Kier alpha value is -2.83. The van der Waals surface area contributed by atoms with Crippen LogP contribution >= 0.6 is 11.8 Å². The van der Waals surface area contributed by atoms with Gasteiger partial charge in [-0.25, -0.2) is 14.6 Å². The van der Waals surface area contributed by atoms with Crippen molar-refractivity contribution in [1.29, 1.82) is 0 Å². The van der Waals surface area contributed by atoms with Gasteiger partial charge in [0.1, 0.15) is 12.3 Å². The smallest absolute Gasteiger partial charge is 0.410 e. The summed E-state index contributed by atoms with van der Waals surface area (Å²) in [6.45, 7) is 7.92. The van der Waals surface area contributed by atoms with Crippen molar-refractivity contribution < 1.29 is 34.4 Å². The number of likely N-dealkylation sites (tertiary alicyclic amines) is 1. The van der Waals surface area contributed by atoms with Crippen LogP contribution in [0, 0.1) is 11.8 Å². The Morgan fingerprint density at radius 2 is 2.17 bits per heavy atom. The molecule has 12 heteroatoms. The van der Waals surface area contributed by atoms with Crippen LogP contribution < -0.4 is 0 Å². The second-order valence-corrected chi connectivity index (χ2v) is 10.8. The molecule has 3 N–H and O–H groups in total. The quantitative estimate of drug-likeness (QED) is 0.308. The lowest BCUT2D eigenvalue weighted by atomic mass is 9.79. The summed E-state index contributed by atoms with van der Waals surface area (Å²) in [5.41, 5.74) is 0.550. The molecule has 1 aromatic rings. The Labute approximate surface area is 213 Å². The minimum absolute atomic E-state index is 0.0152. The molecular weight excluding hydrogens is 488 g/mol. The topological polar surface area (TPSA) is 145 Å². The second kappa shape index (κ2) is 10.7. The van der Waals surface area contributed by atoms with Gasteiger partial charge in [0.15, 0.2) is 0 Å². The van der Waals surface area contributed by atoms with Crippen LogP contribution in [0.5, 0.6) is 0 Å². The van der Waals surface area contributed by atoms with E-state index in [1.165, 1.54) is 22.7 Å². The number of aliphatic hydroxyl groups excluding tert-OH is 2. The summed E-state index contributed by atoms with van der Waals surface area (Å²) in [7, 11) is 0. The molecule has 2 saturated heterocycles. The third-order valence-electron chi connectivity index (χ3n) is 7.11. The van der Waals surface area contributed by atoms with Gasteiger partial charge < -0.3 is 34.4 Å². The third-order valence-corrected chi connectivity index (χ3v) is 8.60. The first-order valence-electron chi connectivity index (χ1n) is 12.0. The number of hydrogen-bond donors (Lipinski definition) is 3. The summed E-state index contributed by atoms with van der Waals surface area (Å²) in [4.78, 5) is 45.2. The van der Waals surface area contributed by atoms with Crippen molar-refractivity contribution in [3.8, 4) is 0 Å². The van der Waals surface area contributed by atoms with Gasteiger partial charge in [-0.15, -0.1) is 11.8 Å². The number of hydrogen-bond acceptors (Lipinski definition) is 8. The van der Waals surface area contributed by atoms with Gasteiger partial charge in [0.2, 0.25) is 5.91 Å². The fourth-order valence-corrected chi connectivity index (χ4v) is 7.00. The summed E-state index contributed by atoms with van der Waals surface area (Å²) in [6.07, 6.45) is 4.82. The lowest BCUT2D eigenvalue weighted by Crippen LogP contribution is -2.63. The predicted octanol–water partition coefficient (Wildman–Crippen LogP) is 1.42. The van der Waals surface area contributed by atoms with Crippen LogP contribution in [-0.4, -0.2) is 89.2 Å². The van der Waals surface area contributed by atoms with Gasteiger partial charge in [-0.05, 0) is 19.8 Å². The average Bonchev–Trinajstić information content (AvgIpc) is 3.52. The van der Waals surface area contributed by atoms with E-state index in [1.54, 1.807) is 24.3 Å². The Balaban J connectivity index is 1.51. The van der Waals surface area contributed by atoms with Gasteiger partial charge in [0, 0.05) is 41.4 Å². The highest BCUT2D eigenvalue weighted by atomic mass is 32.2. The van der Waals surface area contributed by atoms with Crippen LogP contribution in [0.15, 0.2) is 35.8 Å². The van der Waals surface area contributed by atoms with Crippen LogP contribution in [0.1, 0.15) is 32.4 Å². The molecule has 196 valence electrons. The average molecular weight is 521 g/mol. The fourth-order valence-electron chi connectivity index (χ4n) is 5.44. The molecule has 0 bridgehead atoms. The predicted molar refractivity (Wildman–Crippen MR) is 130 cm³/mol. The summed E-state index contributed by atoms with van der Waals surface area (Å²) in [5, 5.41) is 29.1. The van der Waals surface area contributed by atoms with E-state index in [2.05, 4.69) is 11.6 Å². The highest BCUT2D eigenvalue weighted by molar-refractivity contribution is 8.03. The molecule has 1 aromatic heterocycles. The number of fused-ring (bicyclic) bond motifs is 1. The monoisotopic (exact) mass is 520 g/mol. The zero-order valence-corrected chi connectivity index (χ0v) is 21.1. The molecule has 0 aliphatic carbocycles. The molecule has 11 nitrogen and oxygen atoms in total. The maximum Gasteiger partial charge on any atom is 0.410 e. The molecule has 6 atom stereocenters. The van der Waals surface area contributed by atoms with Gasteiger partial charge in [0.25, 0.3) is 0 Å². The minimum Gasteiger partial charge on any atom is -0.477 e. The van der Waals surface area contributed by atoms with Crippen LogP contribution in [0.25, 0.3) is 0 Å². The molecule has 4 heterocycles. The Bertz CT molecular complexity index is 1070. The molecule has 2 amide bonds. The molecule has 4 rings (SSSR count). The maximum atomic E-state index is 12.8. The summed E-state index contributed by atoms with van der Waals surface area (Å²) >= 11 is 1.40. The van der Waals surface area contributed by atoms with Crippen LogP contribution in [0.2, 0.25) is 0 Å². The van der Waals surface area contributed by atoms with E-state index >= 15 is 0 Å². The lowest BCUT2D eigenvalue weighted by Gasteiger charge is -2.46. The number of aryl methyl sites for hydroxylation is 1. The summed E-state index contributed by atoms with van der Waals surface area (Å²) in [5.74, 6) is -2.38. The standard InChI is InChI=1S/C24H32N4O7S/c1-4-7-35-24(34)27-10-17(8-16(27)5-6-26-9-15(11-29)25-12-26)36-21-13(2)19-18(14(3)30)22(31)28(19)20(21)23(32)33/h4,9,12-14,16-19,29-30H,1,5-8,10-11H2,2-3H3,(H,32,33)/t13-,14-,16-,17+,18-,19-/m1/s1. The number of carboxylic acid groups (broad SMARTS) is 1. The van der Waals surface area contributed by atoms with Crippen molar-refractivity contribution in [3.05, 3.63) is 41.5 Å². The Morgan fingerprint density at radius 1 is 1.42 bits per heavy atom. The molecule has 36 heavy (non-hydrogen) atoms.